The topological polar surface area (TPSA) is 81.1 Å². The zero-order valence-corrected chi connectivity index (χ0v) is 9.99. The summed E-state index contributed by atoms with van der Waals surface area (Å²) in [5, 5.41) is 18.1. The van der Waals surface area contributed by atoms with Gasteiger partial charge in [-0.2, -0.15) is 0 Å². The summed E-state index contributed by atoms with van der Waals surface area (Å²) in [7, 11) is 0. The van der Waals surface area contributed by atoms with Crippen molar-refractivity contribution in [3.8, 4) is 0 Å². The minimum Gasteiger partial charge on any atom is -0.480 e. The molecule has 2 rings (SSSR count). The van der Waals surface area contributed by atoms with Crippen LogP contribution in [0.15, 0.2) is 24.3 Å². The molecule has 1 aromatic rings. The maximum Gasteiger partial charge on any atom is 0.407 e. The molecule has 0 aliphatic carbocycles. The molecule has 1 amide bonds. The van der Waals surface area contributed by atoms with Crippen LogP contribution in [0.4, 0.5) is 14.9 Å². The third kappa shape index (κ3) is 2.75. The van der Waals surface area contributed by atoms with E-state index in [-0.39, 0.29) is 19.6 Å². The molecule has 1 aliphatic heterocycles. The molecule has 7 heteroatoms. The monoisotopic (exact) mass is 268 g/mol. The van der Waals surface area contributed by atoms with Gasteiger partial charge in [-0.05, 0) is 24.3 Å². The van der Waals surface area contributed by atoms with E-state index in [1.165, 1.54) is 24.3 Å². The molecule has 1 aromatic carbocycles. The van der Waals surface area contributed by atoms with Gasteiger partial charge in [0.15, 0.2) is 0 Å². The lowest BCUT2D eigenvalue weighted by atomic mass is 10.1. The third-order valence-electron chi connectivity index (χ3n) is 3.09. The number of nitrogens with zero attached hydrogens (tertiary/aromatic N) is 2. The maximum atomic E-state index is 12.9. The smallest absolute Gasteiger partial charge is 0.407 e. The lowest BCUT2D eigenvalue weighted by Gasteiger charge is -2.39. The van der Waals surface area contributed by atoms with Crippen molar-refractivity contribution in [2.45, 2.75) is 6.04 Å². The Kier molecular flexibility index (Phi) is 3.55. The number of carboxylic acid groups (broad SMARTS) is 2. The summed E-state index contributed by atoms with van der Waals surface area (Å²) < 4.78 is 12.9. The van der Waals surface area contributed by atoms with Crippen LogP contribution >= 0.6 is 0 Å². The Morgan fingerprint density at radius 3 is 2.32 bits per heavy atom. The zero-order chi connectivity index (χ0) is 14.0. The Morgan fingerprint density at radius 1 is 1.16 bits per heavy atom. The van der Waals surface area contributed by atoms with Crippen LogP contribution in [0, 0.1) is 5.82 Å². The van der Waals surface area contributed by atoms with Gasteiger partial charge in [0.05, 0.1) is 6.54 Å². The van der Waals surface area contributed by atoms with E-state index in [0.717, 1.165) is 4.90 Å². The van der Waals surface area contributed by atoms with Gasteiger partial charge < -0.3 is 20.0 Å². The molecule has 1 fully saturated rings. The first kappa shape index (κ1) is 13.1. The molecule has 0 bridgehead atoms. The van der Waals surface area contributed by atoms with Gasteiger partial charge in [0.2, 0.25) is 0 Å². The van der Waals surface area contributed by atoms with Gasteiger partial charge >= 0.3 is 12.1 Å². The molecule has 0 saturated carbocycles. The van der Waals surface area contributed by atoms with Gasteiger partial charge in [-0.1, -0.05) is 0 Å². The number of amides is 1. The summed E-state index contributed by atoms with van der Waals surface area (Å²) in [4.78, 5) is 24.8. The SMILES string of the molecule is O=C(O)[C@@H]1CN(C(=O)O)CCN1c1ccc(F)cc1. The molecule has 1 aliphatic rings. The molecule has 102 valence electrons. The highest BCUT2D eigenvalue weighted by atomic mass is 19.1. The summed E-state index contributed by atoms with van der Waals surface area (Å²) in [6.45, 7) is 0.368. The van der Waals surface area contributed by atoms with E-state index in [0.29, 0.717) is 5.69 Å². The number of anilines is 1. The summed E-state index contributed by atoms with van der Waals surface area (Å²) in [6.07, 6.45) is -1.13. The van der Waals surface area contributed by atoms with Crippen LogP contribution in [0.2, 0.25) is 0 Å². The molecule has 19 heavy (non-hydrogen) atoms. The minimum atomic E-state index is -1.13. The maximum absolute atomic E-state index is 12.9. The Morgan fingerprint density at radius 2 is 1.79 bits per heavy atom. The molecular weight excluding hydrogens is 255 g/mol. The molecule has 0 unspecified atom stereocenters. The molecule has 1 atom stereocenters. The second-order valence-electron chi connectivity index (χ2n) is 4.25. The minimum absolute atomic E-state index is 0.109. The first-order valence-corrected chi connectivity index (χ1v) is 5.72. The van der Waals surface area contributed by atoms with Crippen LogP contribution in [0.3, 0.4) is 0 Å². The number of aliphatic carboxylic acids is 1. The van der Waals surface area contributed by atoms with Gasteiger partial charge in [0.25, 0.3) is 0 Å². The van der Waals surface area contributed by atoms with E-state index < -0.39 is 23.9 Å². The number of carboxylic acids is 1. The summed E-state index contributed by atoms with van der Waals surface area (Å²) >= 11 is 0. The van der Waals surface area contributed by atoms with Crippen molar-refractivity contribution in [2.24, 2.45) is 0 Å². The average Bonchev–Trinajstić information content (AvgIpc) is 2.38. The lowest BCUT2D eigenvalue weighted by molar-refractivity contribution is -0.139. The number of carbonyl (C=O) groups is 2. The van der Waals surface area contributed by atoms with Crippen LogP contribution < -0.4 is 4.90 Å². The van der Waals surface area contributed by atoms with Crippen molar-refractivity contribution < 1.29 is 24.2 Å². The number of hydrogen-bond acceptors (Lipinski definition) is 3. The Bertz CT molecular complexity index is 491. The van der Waals surface area contributed by atoms with Crippen molar-refractivity contribution in [1.29, 1.82) is 0 Å². The number of hydrogen-bond donors (Lipinski definition) is 2. The van der Waals surface area contributed by atoms with E-state index in [2.05, 4.69) is 0 Å². The summed E-state index contributed by atoms with van der Waals surface area (Å²) in [6, 6.07) is 4.51. The molecule has 6 nitrogen and oxygen atoms in total. The molecular formula is C12H13FN2O4. The third-order valence-corrected chi connectivity index (χ3v) is 3.09. The predicted molar refractivity (Wildman–Crippen MR) is 64.8 cm³/mol. The Balaban J connectivity index is 2.22. The summed E-state index contributed by atoms with van der Waals surface area (Å²) in [5.74, 6) is -1.50. The fourth-order valence-corrected chi connectivity index (χ4v) is 2.11. The highest BCUT2D eigenvalue weighted by molar-refractivity contribution is 5.80. The van der Waals surface area contributed by atoms with E-state index in [4.69, 9.17) is 5.11 Å². The van der Waals surface area contributed by atoms with E-state index >= 15 is 0 Å². The predicted octanol–water partition coefficient (Wildman–Crippen LogP) is 1.08. The van der Waals surface area contributed by atoms with Crippen molar-refractivity contribution in [2.75, 3.05) is 24.5 Å². The highest BCUT2D eigenvalue weighted by Gasteiger charge is 2.34. The average molecular weight is 268 g/mol. The molecule has 1 heterocycles. The molecule has 0 aromatic heterocycles. The first-order valence-electron chi connectivity index (χ1n) is 5.72. The van der Waals surface area contributed by atoms with Crippen LogP contribution in [0.25, 0.3) is 0 Å². The number of piperazine rings is 1. The largest absolute Gasteiger partial charge is 0.480 e. The number of halogens is 1. The van der Waals surface area contributed by atoms with Crippen LogP contribution in [-0.4, -0.2) is 52.9 Å². The number of rotatable bonds is 2. The summed E-state index contributed by atoms with van der Waals surface area (Å²) in [5.41, 5.74) is 0.568. The number of benzene rings is 1. The van der Waals surface area contributed by atoms with E-state index in [1.54, 1.807) is 4.90 Å². The van der Waals surface area contributed by atoms with Crippen LogP contribution in [0.1, 0.15) is 0 Å². The van der Waals surface area contributed by atoms with Crippen molar-refractivity contribution >= 4 is 17.7 Å². The van der Waals surface area contributed by atoms with Crippen molar-refractivity contribution in [1.82, 2.24) is 4.90 Å². The van der Waals surface area contributed by atoms with E-state index in [9.17, 15) is 19.1 Å². The zero-order valence-electron chi connectivity index (χ0n) is 9.99. The highest BCUT2D eigenvalue weighted by Crippen LogP contribution is 2.21. The standard InChI is InChI=1S/C12H13FN2O4/c13-8-1-3-9(4-2-8)15-6-5-14(12(18)19)7-10(15)11(16)17/h1-4,10H,5-7H2,(H,16,17)(H,18,19)/t10-/m0/s1. The van der Waals surface area contributed by atoms with Crippen LogP contribution in [-0.2, 0) is 4.79 Å². The van der Waals surface area contributed by atoms with Crippen molar-refractivity contribution in [3.05, 3.63) is 30.1 Å². The van der Waals surface area contributed by atoms with E-state index in [1.807, 2.05) is 0 Å². The Labute approximate surface area is 108 Å². The van der Waals surface area contributed by atoms with Gasteiger partial charge in [-0.3, -0.25) is 0 Å². The molecule has 1 saturated heterocycles. The van der Waals surface area contributed by atoms with Gasteiger partial charge in [0, 0.05) is 18.8 Å². The molecule has 0 radical (unpaired) electrons. The lowest BCUT2D eigenvalue weighted by Crippen LogP contribution is -2.57. The molecule has 0 spiro atoms. The van der Waals surface area contributed by atoms with Crippen molar-refractivity contribution in [3.63, 3.8) is 0 Å². The fourth-order valence-electron chi connectivity index (χ4n) is 2.11. The first-order chi connectivity index (χ1) is 8.99. The quantitative estimate of drug-likeness (QED) is 0.838. The van der Waals surface area contributed by atoms with Gasteiger partial charge in [0.1, 0.15) is 11.9 Å². The fraction of sp³-hybridized carbons (Fsp3) is 0.333. The van der Waals surface area contributed by atoms with Gasteiger partial charge in [-0.15, -0.1) is 0 Å². The molecule has 2 N–H and O–H groups in total. The normalized spacial score (nSPS) is 19.3. The second kappa shape index (κ2) is 5.13. The van der Waals surface area contributed by atoms with Gasteiger partial charge in [-0.25, -0.2) is 14.0 Å². The van der Waals surface area contributed by atoms with Crippen LogP contribution in [0.5, 0.6) is 0 Å². The Hall–Kier alpha value is -2.31. The second-order valence-corrected chi connectivity index (χ2v) is 4.25.